The number of rotatable bonds is 1. The predicted molar refractivity (Wildman–Crippen MR) is 63.5 cm³/mol. The summed E-state index contributed by atoms with van der Waals surface area (Å²) in [5.74, 6) is 0.933. The van der Waals surface area contributed by atoms with Crippen LogP contribution in [0.1, 0.15) is 30.5 Å². The van der Waals surface area contributed by atoms with Crippen molar-refractivity contribution in [3.05, 3.63) is 17.5 Å². The highest BCUT2D eigenvalue weighted by molar-refractivity contribution is 5.34. The summed E-state index contributed by atoms with van der Waals surface area (Å²) in [4.78, 5) is 11.5. The average Bonchev–Trinajstić information content (AvgIpc) is 2.39. The van der Waals surface area contributed by atoms with E-state index in [1.807, 2.05) is 6.20 Å². The van der Waals surface area contributed by atoms with Gasteiger partial charge in [0, 0.05) is 25.8 Å². The van der Waals surface area contributed by atoms with E-state index in [9.17, 15) is 0 Å². The van der Waals surface area contributed by atoms with E-state index in [4.69, 9.17) is 0 Å². The fraction of sp³-hybridized carbons (Fsp3) is 0.667. The van der Waals surface area contributed by atoms with Gasteiger partial charge in [0.05, 0.1) is 5.69 Å². The third-order valence-electron chi connectivity index (χ3n) is 3.44. The van der Waals surface area contributed by atoms with Crippen molar-refractivity contribution in [2.45, 2.75) is 32.2 Å². The summed E-state index contributed by atoms with van der Waals surface area (Å²) in [6.07, 6.45) is 6.99. The molecule has 1 N–H and O–H groups in total. The van der Waals surface area contributed by atoms with Crippen molar-refractivity contribution < 1.29 is 0 Å². The first-order chi connectivity index (χ1) is 7.93. The van der Waals surface area contributed by atoms with Gasteiger partial charge >= 0.3 is 0 Å². The second kappa shape index (κ2) is 4.37. The highest BCUT2D eigenvalue weighted by Crippen LogP contribution is 2.18. The Morgan fingerprint density at radius 3 is 2.94 bits per heavy atom. The minimum Gasteiger partial charge on any atom is -0.341 e. The fourth-order valence-electron chi connectivity index (χ4n) is 2.47. The van der Waals surface area contributed by atoms with Gasteiger partial charge in [0.1, 0.15) is 0 Å². The zero-order chi connectivity index (χ0) is 10.8. The molecule has 3 rings (SSSR count). The molecule has 0 aromatic carbocycles. The molecule has 0 atom stereocenters. The molecule has 4 nitrogen and oxygen atoms in total. The van der Waals surface area contributed by atoms with E-state index >= 15 is 0 Å². The van der Waals surface area contributed by atoms with Gasteiger partial charge in [-0.15, -0.1) is 0 Å². The first-order valence-corrected chi connectivity index (χ1v) is 6.24. The molecule has 1 saturated heterocycles. The first-order valence-electron chi connectivity index (χ1n) is 6.24. The summed E-state index contributed by atoms with van der Waals surface area (Å²) in [5.41, 5.74) is 2.52. The Balaban J connectivity index is 1.84. The highest BCUT2D eigenvalue weighted by atomic mass is 15.3. The van der Waals surface area contributed by atoms with Crippen molar-refractivity contribution in [3.8, 4) is 0 Å². The van der Waals surface area contributed by atoms with Crippen LogP contribution in [0.25, 0.3) is 0 Å². The van der Waals surface area contributed by atoms with Gasteiger partial charge in [-0.2, -0.15) is 0 Å². The molecule has 1 aromatic heterocycles. The van der Waals surface area contributed by atoms with Crippen molar-refractivity contribution in [2.75, 3.05) is 24.5 Å². The van der Waals surface area contributed by atoms with Gasteiger partial charge in [-0.25, -0.2) is 9.97 Å². The minimum absolute atomic E-state index is 0.901. The second-order valence-corrected chi connectivity index (χ2v) is 4.62. The molecule has 0 radical (unpaired) electrons. The summed E-state index contributed by atoms with van der Waals surface area (Å²) < 4.78 is 0. The number of piperidine rings is 1. The largest absolute Gasteiger partial charge is 0.341 e. The quantitative estimate of drug-likeness (QED) is 0.766. The molecular weight excluding hydrogens is 200 g/mol. The molecule has 0 saturated carbocycles. The van der Waals surface area contributed by atoms with Crippen LogP contribution in [0.15, 0.2) is 6.20 Å². The Hall–Kier alpha value is -1.16. The van der Waals surface area contributed by atoms with Gasteiger partial charge in [0.15, 0.2) is 0 Å². The van der Waals surface area contributed by atoms with Crippen LogP contribution in [0, 0.1) is 0 Å². The molecule has 1 fully saturated rings. The minimum atomic E-state index is 0.901. The third-order valence-corrected chi connectivity index (χ3v) is 3.44. The molecule has 0 unspecified atom stereocenters. The number of hydrogen-bond donors (Lipinski definition) is 1. The van der Waals surface area contributed by atoms with Crippen molar-refractivity contribution >= 4 is 5.95 Å². The van der Waals surface area contributed by atoms with Crippen LogP contribution in [0.3, 0.4) is 0 Å². The van der Waals surface area contributed by atoms with Gasteiger partial charge in [-0.05, 0) is 37.8 Å². The van der Waals surface area contributed by atoms with Crippen LogP contribution in [0.5, 0.6) is 0 Å². The molecule has 0 bridgehead atoms. The van der Waals surface area contributed by atoms with E-state index in [2.05, 4.69) is 20.2 Å². The Morgan fingerprint density at radius 1 is 1.19 bits per heavy atom. The van der Waals surface area contributed by atoms with Crippen molar-refractivity contribution in [1.29, 1.82) is 0 Å². The second-order valence-electron chi connectivity index (χ2n) is 4.62. The van der Waals surface area contributed by atoms with Crippen LogP contribution < -0.4 is 10.2 Å². The lowest BCUT2D eigenvalue weighted by atomic mass is 10.1. The standard InChI is InChI=1S/C12H18N4/c1-2-6-16(7-3-1)12-14-8-10-4-5-13-9-11(10)15-12/h8,13H,1-7,9H2. The lowest BCUT2D eigenvalue weighted by Crippen LogP contribution is -2.32. The average molecular weight is 218 g/mol. The topological polar surface area (TPSA) is 41.1 Å². The number of nitrogens with zero attached hydrogens (tertiary/aromatic N) is 3. The van der Waals surface area contributed by atoms with Crippen LogP contribution in [-0.4, -0.2) is 29.6 Å². The molecule has 3 heterocycles. The van der Waals surface area contributed by atoms with E-state index in [-0.39, 0.29) is 0 Å². The smallest absolute Gasteiger partial charge is 0.225 e. The molecule has 0 spiro atoms. The predicted octanol–water partition coefficient (Wildman–Crippen LogP) is 1.11. The van der Waals surface area contributed by atoms with Gasteiger partial charge in [0.2, 0.25) is 5.95 Å². The lowest BCUT2D eigenvalue weighted by Gasteiger charge is -2.27. The number of aromatic nitrogens is 2. The van der Waals surface area contributed by atoms with Crippen LogP contribution in [-0.2, 0) is 13.0 Å². The van der Waals surface area contributed by atoms with Crippen molar-refractivity contribution in [2.24, 2.45) is 0 Å². The number of nitrogens with one attached hydrogen (secondary N) is 1. The molecule has 0 aliphatic carbocycles. The van der Waals surface area contributed by atoms with E-state index < -0.39 is 0 Å². The zero-order valence-corrected chi connectivity index (χ0v) is 9.58. The van der Waals surface area contributed by atoms with Crippen LogP contribution >= 0.6 is 0 Å². The zero-order valence-electron chi connectivity index (χ0n) is 9.58. The lowest BCUT2D eigenvalue weighted by molar-refractivity contribution is 0.561. The van der Waals surface area contributed by atoms with Gasteiger partial charge in [0.25, 0.3) is 0 Å². The summed E-state index contributed by atoms with van der Waals surface area (Å²) in [6.45, 7) is 4.19. The Morgan fingerprint density at radius 2 is 2.06 bits per heavy atom. The molecule has 86 valence electrons. The SMILES string of the molecule is c1nc(N2CCCCC2)nc2c1CCNC2. The first kappa shape index (κ1) is 10.0. The number of fused-ring (bicyclic) bond motifs is 1. The Kier molecular flexibility index (Phi) is 2.74. The van der Waals surface area contributed by atoms with Gasteiger partial charge in [-0.1, -0.05) is 0 Å². The van der Waals surface area contributed by atoms with Crippen LogP contribution in [0.2, 0.25) is 0 Å². The normalized spacial score (nSPS) is 20.6. The molecule has 2 aliphatic heterocycles. The maximum absolute atomic E-state index is 4.69. The Labute approximate surface area is 96.1 Å². The summed E-state index contributed by atoms with van der Waals surface area (Å²) >= 11 is 0. The molecule has 2 aliphatic rings. The highest BCUT2D eigenvalue weighted by Gasteiger charge is 2.16. The van der Waals surface area contributed by atoms with Crippen LogP contribution in [0.4, 0.5) is 5.95 Å². The maximum atomic E-state index is 4.69. The maximum Gasteiger partial charge on any atom is 0.225 e. The van der Waals surface area contributed by atoms with E-state index in [0.29, 0.717) is 0 Å². The molecule has 1 aromatic rings. The summed E-state index contributed by atoms with van der Waals surface area (Å²) in [5, 5.41) is 3.36. The fourth-order valence-corrected chi connectivity index (χ4v) is 2.47. The third kappa shape index (κ3) is 1.89. The van der Waals surface area contributed by atoms with Crippen molar-refractivity contribution in [1.82, 2.24) is 15.3 Å². The Bertz CT molecular complexity index is 371. The summed E-state index contributed by atoms with van der Waals surface area (Å²) in [6, 6.07) is 0. The number of hydrogen-bond acceptors (Lipinski definition) is 4. The van der Waals surface area contributed by atoms with Gasteiger partial charge < -0.3 is 10.2 Å². The monoisotopic (exact) mass is 218 g/mol. The van der Waals surface area contributed by atoms with E-state index in [1.165, 1.54) is 30.5 Å². The molecular formula is C12H18N4. The summed E-state index contributed by atoms with van der Waals surface area (Å²) in [7, 11) is 0. The number of anilines is 1. The molecule has 16 heavy (non-hydrogen) atoms. The van der Waals surface area contributed by atoms with Gasteiger partial charge in [-0.3, -0.25) is 0 Å². The molecule has 4 heteroatoms. The van der Waals surface area contributed by atoms with E-state index in [1.54, 1.807) is 0 Å². The molecule has 0 amide bonds. The van der Waals surface area contributed by atoms with Crippen molar-refractivity contribution in [3.63, 3.8) is 0 Å². The van der Waals surface area contributed by atoms with E-state index in [0.717, 1.165) is 38.5 Å².